The van der Waals surface area contributed by atoms with Crippen LogP contribution in [0.25, 0.3) is 10.6 Å². The summed E-state index contributed by atoms with van der Waals surface area (Å²) in [6, 6.07) is 8.67. The van der Waals surface area contributed by atoms with Crippen LogP contribution >= 0.6 is 11.3 Å². The topological polar surface area (TPSA) is 25.8 Å². The fourth-order valence-electron chi connectivity index (χ4n) is 1.76. The van der Waals surface area contributed by atoms with Gasteiger partial charge in [0.25, 0.3) is 0 Å². The van der Waals surface area contributed by atoms with Crippen molar-refractivity contribution in [2.45, 2.75) is 52.4 Å². The fourth-order valence-corrected chi connectivity index (χ4v) is 2.66. The Morgan fingerprint density at radius 1 is 0.789 bits per heavy atom. The highest BCUT2D eigenvalue weighted by Crippen LogP contribution is 2.32. The van der Waals surface area contributed by atoms with Crippen molar-refractivity contribution in [1.29, 1.82) is 0 Å². The molecule has 0 aliphatic rings. The Balaban J connectivity index is 2.31. The molecule has 2 rings (SSSR count). The third kappa shape index (κ3) is 3.21. The lowest BCUT2D eigenvalue weighted by Gasteiger charge is -2.18. The summed E-state index contributed by atoms with van der Waals surface area (Å²) in [5.41, 5.74) is 2.76. The summed E-state index contributed by atoms with van der Waals surface area (Å²) in [5.74, 6) is 0. The molecular weight excluding hydrogens is 252 g/mol. The lowest BCUT2D eigenvalue weighted by atomic mass is 9.87. The van der Waals surface area contributed by atoms with E-state index in [1.807, 2.05) is 0 Å². The molecule has 0 bridgehead atoms. The molecule has 0 radical (unpaired) electrons. The van der Waals surface area contributed by atoms with E-state index in [-0.39, 0.29) is 10.8 Å². The molecule has 102 valence electrons. The van der Waals surface area contributed by atoms with Crippen LogP contribution in [0.15, 0.2) is 24.3 Å². The standard InChI is InChI=1S/C16H22N2S/c1-15(2,3)12-9-7-11(8-10-12)13-17-18-14(19-13)16(4,5)6/h7-10H,1-6H3. The van der Waals surface area contributed by atoms with E-state index in [2.05, 4.69) is 76.0 Å². The maximum Gasteiger partial charge on any atom is 0.147 e. The third-order valence-electron chi connectivity index (χ3n) is 3.06. The van der Waals surface area contributed by atoms with Crippen LogP contribution in [0.5, 0.6) is 0 Å². The molecule has 0 fully saturated rings. The van der Waals surface area contributed by atoms with Crippen LogP contribution in [0.2, 0.25) is 0 Å². The molecule has 1 aromatic carbocycles. The summed E-state index contributed by atoms with van der Waals surface area (Å²) >= 11 is 1.68. The molecule has 19 heavy (non-hydrogen) atoms. The summed E-state index contributed by atoms with van der Waals surface area (Å²) in [6.07, 6.45) is 0. The maximum atomic E-state index is 4.31. The molecule has 1 heterocycles. The van der Waals surface area contributed by atoms with Crippen molar-refractivity contribution < 1.29 is 0 Å². The molecule has 0 atom stereocenters. The van der Waals surface area contributed by atoms with E-state index in [0.717, 1.165) is 15.6 Å². The number of nitrogens with zero attached hydrogens (tertiary/aromatic N) is 2. The Bertz CT molecular complexity index is 554. The molecule has 0 aliphatic heterocycles. The second kappa shape index (κ2) is 4.71. The summed E-state index contributed by atoms with van der Waals surface area (Å²) in [6.45, 7) is 13.2. The van der Waals surface area contributed by atoms with Gasteiger partial charge in [-0.05, 0) is 11.0 Å². The van der Waals surface area contributed by atoms with Gasteiger partial charge in [-0.1, -0.05) is 77.1 Å². The van der Waals surface area contributed by atoms with Crippen LogP contribution in [0.3, 0.4) is 0 Å². The Kier molecular flexibility index (Phi) is 3.52. The lowest BCUT2D eigenvalue weighted by Crippen LogP contribution is -2.10. The van der Waals surface area contributed by atoms with Crippen molar-refractivity contribution >= 4 is 11.3 Å². The zero-order valence-corrected chi connectivity index (χ0v) is 13.4. The highest BCUT2D eigenvalue weighted by molar-refractivity contribution is 7.14. The molecule has 0 N–H and O–H groups in total. The van der Waals surface area contributed by atoms with Gasteiger partial charge < -0.3 is 0 Å². The summed E-state index contributed by atoms with van der Waals surface area (Å²) in [4.78, 5) is 0. The summed E-state index contributed by atoms with van der Waals surface area (Å²) < 4.78 is 0. The minimum Gasteiger partial charge on any atom is -0.143 e. The summed E-state index contributed by atoms with van der Waals surface area (Å²) in [7, 11) is 0. The minimum atomic E-state index is 0.0707. The van der Waals surface area contributed by atoms with E-state index >= 15 is 0 Å². The van der Waals surface area contributed by atoms with Gasteiger partial charge in [-0.2, -0.15) is 0 Å². The molecule has 2 aromatic rings. The third-order valence-corrected chi connectivity index (χ3v) is 4.46. The molecule has 0 aliphatic carbocycles. The number of hydrogen-bond acceptors (Lipinski definition) is 3. The molecule has 3 heteroatoms. The Labute approximate surface area is 119 Å². The van der Waals surface area contributed by atoms with Gasteiger partial charge in [0, 0.05) is 11.0 Å². The van der Waals surface area contributed by atoms with Gasteiger partial charge in [-0.25, -0.2) is 0 Å². The van der Waals surface area contributed by atoms with E-state index in [0.29, 0.717) is 0 Å². The average Bonchev–Trinajstić information content (AvgIpc) is 2.77. The zero-order chi connectivity index (χ0) is 14.3. The van der Waals surface area contributed by atoms with E-state index in [1.165, 1.54) is 5.56 Å². The van der Waals surface area contributed by atoms with Gasteiger partial charge in [-0.3, -0.25) is 0 Å². The predicted molar refractivity (Wildman–Crippen MR) is 82.7 cm³/mol. The van der Waals surface area contributed by atoms with E-state index in [9.17, 15) is 0 Å². The lowest BCUT2D eigenvalue weighted by molar-refractivity contribution is 0.578. The first-order chi connectivity index (χ1) is 8.68. The normalized spacial score (nSPS) is 12.7. The van der Waals surface area contributed by atoms with Crippen LogP contribution in [0.4, 0.5) is 0 Å². The number of rotatable bonds is 1. The molecule has 0 amide bonds. The first kappa shape index (κ1) is 14.2. The van der Waals surface area contributed by atoms with Gasteiger partial charge in [0.15, 0.2) is 0 Å². The predicted octanol–water partition coefficient (Wildman–Crippen LogP) is 4.80. The van der Waals surface area contributed by atoms with Crippen molar-refractivity contribution in [2.75, 3.05) is 0 Å². The summed E-state index contributed by atoms with van der Waals surface area (Å²) in [5, 5.41) is 10.7. The molecule has 0 saturated carbocycles. The van der Waals surface area contributed by atoms with Gasteiger partial charge in [0.05, 0.1) is 0 Å². The van der Waals surface area contributed by atoms with Crippen LogP contribution < -0.4 is 0 Å². The van der Waals surface area contributed by atoms with Gasteiger partial charge in [-0.15, -0.1) is 10.2 Å². The SMILES string of the molecule is CC(C)(C)c1ccc(-c2nnc(C(C)(C)C)s2)cc1. The molecule has 2 nitrogen and oxygen atoms in total. The van der Waals surface area contributed by atoms with E-state index in [4.69, 9.17) is 0 Å². The smallest absolute Gasteiger partial charge is 0.143 e. The molecular formula is C16H22N2S. The van der Waals surface area contributed by atoms with Crippen molar-refractivity contribution in [2.24, 2.45) is 0 Å². The largest absolute Gasteiger partial charge is 0.147 e. The average molecular weight is 274 g/mol. The fraction of sp³-hybridized carbons (Fsp3) is 0.500. The minimum absolute atomic E-state index is 0.0707. The monoisotopic (exact) mass is 274 g/mol. The Morgan fingerprint density at radius 2 is 1.37 bits per heavy atom. The zero-order valence-electron chi connectivity index (χ0n) is 12.6. The highest BCUT2D eigenvalue weighted by atomic mass is 32.1. The number of benzene rings is 1. The molecule has 0 unspecified atom stereocenters. The van der Waals surface area contributed by atoms with Crippen molar-refractivity contribution in [3.05, 3.63) is 34.8 Å². The quantitative estimate of drug-likeness (QED) is 0.746. The molecule has 0 saturated heterocycles. The van der Waals surface area contributed by atoms with Gasteiger partial charge in [0.1, 0.15) is 10.0 Å². The highest BCUT2D eigenvalue weighted by Gasteiger charge is 2.20. The van der Waals surface area contributed by atoms with E-state index in [1.54, 1.807) is 11.3 Å². The second-order valence-corrected chi connectivity index (χ2v) is 7.97. The van der Waals surface area contributed by atoms with Crippen molar-refractivity contribution in [3.63, 3.8) is 0 Å². The van der Waals surface area contributed by atoms with Crippen LogP contribution in [-0.4, -0.2) is 10.2 Å². The first-order valence-electron chi connectivity index (χ1n) is 6.63. The Morgan fingerprint density at radius 3 is 1.79 bits per heavy atom. The molecule has 0 spiro atoms. The van der Waals surface area contributed by atoms with Crippen molar-refractivity contribution in [3.8, 4) is 10.6 Å². The van der Waals surface area contributed by atoms with Gasteiger partial charge >= 0.3 is 0 Å². The van der Waals surface area contributed by atoms with E-state index < -0.39 is 0 Å². The van der Waals surface area contributed by atoms with Crippen LogP contribution in [0.1, 0.15) is 52.1 Å². The Hall–Kier alpha value is -1.22. The molecule has 1 aromatic heterocycles. The number of aromatic nitrogens is 2. The maximum absolute atomic E-state index is 4.31. The number of hydrogen-bond donors (Lipinski definition) is 0. The van der Waals surface area contributed by atoms with Crippen LogP contribution in [0, 0.1) is 0 Å². The second-order valence-electron chi connectivity index (χ2n) is 6.99. The first-order valence-corrected chi connectivity index (χ1v) is 7.44. The van der Waals surface area contributed by atoms with Crippen molar-refractivity contribution in [1.82, 2.24) is 10.2 Å². The van der Waals surface area contributed by atoms with Gasteiger partial charge in [0.2, 0.25) is 0 Å². The van der Waals surface area contributed by atoms with Crippen LogP contribution in [-0.2, 0) is 10.8 Å².